The highest BCUT2D eigenvalue weighted by molar-refractivity contribution is 5.83. The second kappa shape index (κ2) is 4.58. The first-order valence-electron chi connectivity index (χ1n) is 4.32. The first kappa shape index (κ1) is 10.5. The van der Waals surface area contributed by atoms with Crippen molar-refractivity contribution in [2.24, 2.45) is 5.73 Å². The fourth-order valence-corrected chi connectivity index (χ4v) is 1.12. The third-order valence-electron chi connectivity index (χ3n) is 1.89. The standard InChI is InChI=1S/C11H13NO2/c1-8(10(13)11(12)14)7-9-5-3-2-4-6-9/h2-7,10,13H,1H3,(H2,12,14)/b8-7+. The third-order valence-corrected chi connectivity index (χ3v) is 1.89. The Bertz CT molecular complexity index is 344. The van der Waals surface area contributed by atoms with Crippen molar-refractivity contribution in [2.75, 3.05) is 0 Å². The predicted octanol–water partition coefficient (Wildman–Crippen LogP) is 0.936. The highest BCUT2D eigenvalue weighted by Crippen LogP contribution is 2.08. The van der Waals surface area contributed by atoms with E-state index in [0.717, 1.165) is 5.56 Å². The van der Waals surface area contributed by atoms with Crippen LogP contribution >= 0.6 is 0 Å². The van der Waals surface area contributed by atoms with Gasteiger partial charge in [0.15, 0.2) is 6.10 Å². The van der Waals surface area contributed by atoms with Gasteiger partial charge in [0.2, 0.25) is 0 Å². The second-order valence-corrected chi connectivity index (χ2v) is 3.10. The van der Waals surface area contributed by atoms with Crippen molar-refractivity contribution in [3.63, 3.8) is 0 Å². The molecule has 3 N–H and O–H groups in total. The third kappa shape index (κ3) is 2.71. The quantitative estimate of drug-likeness (QED) is 0.746. The minimum absolute atomic E-state index is 0.545. The SMILES string of the molecule is C/C(=C\c1ccccc1)C(O)C(N)=O. The molecule has 0 aliphatic heterocycles. The molecular weight excluding hydrogens is 178 g/mol. The molecule has 0 bridgehead atoms. The van der Waals surface area contributed by atoms with Gasteiger partial charge in [0, 0.05) is 0 Å². The molecule has 0 heterocycles. The Balaban J connectivity index is 2.84. The predicted molar refractivity (Wildman–Crippen MR) is 55.3 cm³/mol. The molecular formula is C11H13NO2. The average Bonchev–Trinajstić information content (AvgIpc) is 2.18. The van der Waals surface area contributed by atoms with Crippen molar-refractivity contribution in [3.05, 3.63) is 41.5 Å². The molecule has 1 aromatic carbocycles. The monoisotopic (exact) mass is 191 g/mol. The van der Waals surface area contributed by atoms with E-state index >= 15 is 0 Å². The second-order valence-electron chi connectivity index (χ2n) is 3.10. The van der Waals surface area contributed by atoms with Crippen molar-refractivity contribution >= 4 is 12.0 Å². The zero-order valence-corrected chi connectivity index (χ0v) is 7.97. The molecule has 1 aromatic rings. The summed E-state index contributed by atoms with van der Waals surface area (Å²) in [6.45, 7) is 1.67. The molecule has 1 atom stereocenters. The number of aliphatic hydroxyl groups is 1. The maximum absolute atomic E-state index is 10.7. The molecule has 1 amide bonds. The summed E-state index contributed by atoms with van der Waals surface area (Å²) < 4.78 is 0. The van der Waals surface area contributed by atoms with E-state index < -0.39 is 12.0 Å². The van der Waals surface area contributed by atoms with Crippen molar-refractivity contribution < 1.29 is 9.90 Å². The molecule has 0 saturated heterocycles. The molecule has 14 heavy (non-hydrogen) atoms. The lowest BCUT2D eigenvalue weighted by atomic mass is 10.1. The van der Waals surface area contributed by atoms with Crippen LogP contribution in [0.4, 0.5) is 0 Å². The summed E-state index contributed by atoms with van der Waals surface area (Å²) >= 11 is 0. The number of amides is 1. The molecule has 0 aliphatic carbocycles. The van der Waals surface area contributed by atoms with Gasteiger partial charge in [-0.15, -0.1) is 0 Å². The number of benzene rings is 1. The van der Waals surface area contributed by atoms with E-state index in [4.69, 9.17) is 5.73 Å². The van der Waals surface area contributed by atoms with Gasteiger partial charge < -0.3 is 10.8 Å². The largest absolute Gasteiger partial charge is 0.379 e. The van der Waals surface area contributed by atoms with Gasteiger partial charge in [0.05, 0.1) is 0 Å². The van der Waals surface area contributed by atoms with Crippen LogP contribution in [-0.4, -0.2) is 17.1 Å². The first-order chi connectivity index (χ1) is 6.61. The molecule has 1 rings (SSSR count). The van der Waals surface area contributed by atoms with Crippen LogP contribution in [0, 0.1) is 0 Å². The molecule has 74 valence electrons. The topological polar surface area (TPSA) is 63.3 Å². The summed E-state index contributed by atoms with van der Waals surface area (Å²) in [5, 5.41) is 9.31. The molecule has 0 aromatic heterocycles. The normalized spacial score (nSPS) is 13.7. The lowest BCUT2D eigenvalue weighted by Gasteiger charge is -2.06. The number of hydrogen-bond acceptors (Lipinski definition) is 2. The summed E-state index contributed by atoms with van der Waals surface area (Å²) in [5.41, 5.74) is 6.44. The smallest absolute Gasteiger partial charge is 0.250 e. The van der Waals surface area contributed by atoms with Crippen LogP contribution in [-0.2, 0) is 4.79 Å². The fourth-order valence-electron chi connectivity index (χ4n) is 1.12. The van der Waals surface area contributed by atoms with Crippen LogP contribution in [0.5, 0.6) is 0 Å². The number of nitrogens with two attached hydrogens (primary N) is 1. The average molecular weight is 191 g/mol. The van der Waals surface area contributed by atoms with E-state index in [0.29, 0.717) is 5.57 Å². The van der Waals surface area contributed by atoms with Gasteiger partial charge in [0.1, 0.15) is 0 Å². The number of carbonyl (C=O) groups excluding carboxylic acids is 1. The summed E-state index contributed by atoms with van der Waals surface area (Å²) in [6.07, 6.45) is 0.533. The van der Waals surface area contributed by atoms with Crippen LogP contribution in [0.3, 0.4) is 0 Å². The molecule has 0 aliphatic rings. The fraction of sp³-hybridized carbons (Fsp3) is 0.182. The number of primary amides is 1. The van der Waals surface area contributed by atoms with Gasteiger partial charge >= 0.3 is 0 Å². The van der Waals surface area contributed by atoms with Crippen LogP contribution in [0.2, 0.25) is 0 Å². The van der Waals surface area contributed by atoms with Crippen LogP contribution < -0.4 is 5.73 Å². The Morgan fingerprint density at radius 2 is 2.00 bits per heavy atom. The minimum Gasteiger partial charge on any atom is -0.379 e. The van der Waals surface area contributed by atoms with E-state index in [1.165, 1.54) is 0 Å². The van der Waals surface area contributed by atoms with Crippen LogP contribution in [0.15, 0.2) is 35.9 Å². The zero-order chi connectivity index (χ0) is 10.6. The molecule has 0 saturated carbocycles. The van der Waals surface area contributed by atoms with E-state index in [1.54, 1.807) is 13.0 Å². The van der Waals surface area contributed by atoms with Crippen molar-refractivity contribution in [2.45, 2.75) is 13.0 Å². The van der Waals surface area contributed by atoms with Crippen molar-refractivity contribution in [1.82, 2.24) is 0 Å². The van der Waals surface area contributed by atoms with Crippen LogP contribution in [0.1, 0.15) is 12.5 Å². The number of carbonyl (C=O) groups is 1. The van der Waals surface area contributed by atoms with E-state index in [9.17, 15) is 9.90 Å². The lowest BCUT2D eigenvalue weighted by molar-refractivity contribution is -0.124. The van der Waals surface area contributed by atoms with Gasteiger partial charge in [-0.25, -0.2) is 0 Å². The number of rotatable bonds is 3. The molecule has 3 heteroatoms. The van der Waals surface area contributed by atoms with E-state index in [-0.39, 0.29) is 0 Å². The van der Waals surface area contributed by atoms with Crippen molar-refractivity contribution in [3.8, 4) is 0 Å². The Labute approximate surface area is 82.9 Å². The van der Waals surface area contributed by atoms with Gasteiger partial charge in [-0.1, -0.05) is 36.4 Å². The first-order valence-corrected chi connectivity index (χ1v) is 4.32. The lowest BCUT2D eigenvalue weighted by Crippen LogP contribution is -2.28. The minimum atomic E-state index is -1.20. The molecule has 3 nitrogen and oxygen atoms in total. The van der Waals surface area contributed by atoms with E-state index in [1.807, 2.05) is 30.3 Å². The van der Waals surface area contributed by atoms with Gasteiger partial charge in [-0.2, -0.15) is 0 Å². The Morgan fingerprint density at radius 3 is 2.50 bits per heavy atom. The molecule has 1 unspecified atom stereocenters. The molecule has 0 radical (unpaired) electrons. The van der Waals surface area contributed by atoms with Gasteiger partial charge in [-0.05, 0) is 18.1 Å². The molecule has 0 fully saturated rings. The maximum Gasteiger partial charge on any atom is 0.250 e. The number of hydrogen-bond donors (Lipinski definition) is 2. The Morgan fingerprint density at radius 1 is 1.43 bits per heavy atom. The van der Waals surface area contributed by atoms with E-state index in [2.05, 4.69) is 0 Å². The Hall–Kier alpha value is -1.61. The van der Waals surface area contributed by atoms with Crippen LogP contribution in [0.25, 0.3) is 6.08 Å². The highest BCUT2D eigenvalue weighted by atomic mass is 16.3. The number of aliphatic hydroxyl groups excluding tert-OH is 1. The summed E-state index contributed by atoms with van der Waals surface area (Å²) in [6, 6.07) is 9.44. The highest BCUT2D eigenvalue weighted by Gasteiger charge is 2.11. The maximum atomic E-state index is 10.7. The summed E-state index contributed by atoms with van der Waals surface area (Å²) in [4.78, 5) is 10.7. The summed E-state index contributed by atoms with van der Waals surface area (Å²) in [7, 11) is 0. The summed E-state index contributed by atoms with van der Waals surface area (Å²) in [5.74, 6) is -0.727. The van der Waals surface area contributed by atoms with Crippen molar-refractivity contribution in [1.29, 1.82) is 0 Å². The molecule has 0 spiro atoms. The van der Waals surface area contributed by atoms with Gasteiger partial charge in [-0.3, -0.25) is 4.79 Å². The zero-order valence-electron chi connectivity index (χ0n) is 7.97. The van der Waals surface area contributed by atoms with Gasteiger partial charge in [0.25, 0.3) is 5.91 Å². The Kier molecular flexibility index (Phi) is 3.42.